The van der Waals surface area contributed by atoms with E-state index >= 15 is 4.39 Å². The van der Waals surface area contributed by atoms with Crippen LogP contribution in [0.4, 0.5) is 23.2 Å². The maximum Gasteiger partial charge on any atom is 0.501 e. The zero-order chi connectivity index (χ0) is 35.8. The average Bonchev–Trinajstić information content (AvgIpc) is 3.65. The molecule has 3 aromatic carbocycles. The fraction of sp³-hybridized carbons (Fsp3) is 0.324. The van der Waals surface area contributed by atoms with E-state index in [1.165, 1.54) is 19.2 Å². The summed E-state index contributed by atoms with van der Waals surface area (Å²) in [4.78, 5) is 39.4. The second kappa shape index (κ2) is 13.6. The standard InChI is InChI=1S/C34H33F4N3O7S/c1-41(2)27(33(44)45)13-18-7-9-19(10-8-18)24-16-25(28(48-3)17-26(24)35)31(42)40-30-21-12-11-20(14-21)29(30)32(43)39-22-5-4-6-23(15-22)49(46,47)34(36,37)38/h4-12,15-17,20-21,27,29-30H,13-14H2,1-3H3,(H,39,43)(H,40,42)(H,44,45)/t20-,21+,27+,29+,30-/m1/s1. The molecule has 15 heteroatoms. The molecule has 3 aromatic rings. The van der Waals surface area contributed by atoms with Crippen LogP contribution in [0.2, 0.25) is 0 Å². The number of amides is 2. The van der Waals surface area contributed by atoms with E-state index in [-0.39, 0.29) is 40.8 Å². The average molecular weight is 704 g/mol. The number of fused-ring (bicyclic) bond motifs is 2. The summed E-state index contributed by atoms with van der Waals surface area (Å²) in [5.74, 6) is -4.42. The molecule has 1 saturated carbocycles. The Morgan fingerprint density at radius 1 is 1.02 bits per heavy atom. The van der Waals surface area contributed by atoms with Crippen LogP contribution in [0.3, 0.4) is 0 Å². The van der Waals surface area contributed by atoms with Crippen LogP contribution in [-0.4, -0.2) is 75.0 Å². The molecule has 2 bridgehead atoms. The van der Waals surface area contributed by atoms with Crippen molar-refractivity contribution in [2.24, 2.45) is 17.8 Å². The fourth-order valence-corrected chi connectivity index (χ4v) is 7.17. The largest absolute Gasteiger partial charge is 0.501 e. The molecule has 0 heterocycles. The van der Waals surface area contributed by atoms with E-state index < -0.39 is 61.8 Å². The molecule has 2 amide bonds. The smallest absolute Gasteiger partial charge is 0.496 e. The molecule has 260 valence electrons. The number of nitrogens with zero attached hydrogens (tertiary/aromatic N) is 1. The van der Waals surface area contributed by atoms with Crippen molar-refractivity contribution < 1.29 is 50.2 Å². The number of sulfone groups is 1. The highest BCUT2D eigenvalue weighted by Gasteiger charge is 2.49. The number of carboxylic acids is 1. The molecule has 10 nitrogen and oxygen atoms in total. The molecular formula is C34H33F4N3O7S. The fourth-order valence-electron chi connectivity index (χ4n) is 6.36. The molecule has 2 aliphatic carbocycles. The van der Waals surface area contributed by atoms with Gasteiger partial charge in [0.05, 0.1) is 23.5 Å². The van der Waals surface area contributed by atoms with Crippen LogP contribution in [0.5, 0.6) is 5.75 Å². The zero-order valence-electron chi connectivity index (χ0n) is 26.5. The number of likely N-dealkylation sites (N-methyl/N-ethyl adjacent to an activating group) is 1. The number of anilines is 1. The van der Waals surface area contributed by atoms with E-state index in [0.29, 0.717) is 17.5 Å². The quantitative estimate of drug-likeness (QED) is 0.189. The van der Waals surface area contributed by atoms with Crippen molar-refractivity contribution in [2.45, 2.75) is 35.3 Å². The first kappa shape index (κ1) is 35.5. The highest BCUT2D eigenvalue weighted by molar-refractivity contribution is 7.92. The van der Waals surface area contributed by atoms with Gasteiger partial charge in [0, 0.05) is 23.4 Å². The van der Waals surface area contributed by atoms with Gasteiger partial charge in [0.25, 0.3) is 15.7 Å². The number of halogens is 4. The first-order valence-electron chi connectivity index (χ1n) is 15.1. The highest BCUT2D eigenvalue weighted by atomic mass is 32.2. The molecule has 2 aliphatic rings. The summed E-state index contributed by atoms with van der Waals surface area (Å²) in [6.07, 6.45) is 4.40. The third-order valence-electron chi connectivity index (χ3n) is 8.91. The number of hydrogen-bond acceptors (Lipinski definition) is 7. The number of benzene rings is 3. The summed E-state index contributed by atoms with van der Waals surface area (Å²) >= 11 is 0. The van der Waals surface area contributed by atoms with Gasteiger partial charge in [-0.2, -0.15) is 13.2 Å². The Bertz CT molecular complexity index is 1910. The summed E-state index contributed by atoms with van der Waals surface area (Å²) in [7, 11) is -1.06. The number of ether oxygens (including phenoxy) is 1. The van der Waals surface area contributed by atoms with Crippen LogP contribution in [0.1, 0.15) is 22.3 Å². The maximum atomic E-state index is 15.3. The van der Waals surface area contributed by atoms with Crippen molar-refractivity contribution in [3.05, 3.63) is 89.8 Å². The first-order valence-corrected chi connectivity index (χ1v) is 16.6. The predicted molar refractivity (Wildman–Crippen MR) is 171 cm³/mol. The molecular weight excluding hydrogens is 670 g/mol. The van der Waals surface area contributed by atoms with Crippen LogP contribution in [0.25, 0.3) is 11.1 Å². The van der Waals surface area contributed by atoms with Gasteiger partial charge in [0.2, 0.25) is 5.91 Å². The van der Waals surface area contributed by atoms with E-state index in [9.17, 15) is 41.1 Å². The second-order valence-corrected chi connectivity index (χ2v) is 14.1. The monoisotopic (exact) mass is 703 g/mol. The van der Waals surface area contributed by atoms with Gasteiger partial charge in [-0.05, 0) is 74.2 Å². The van der Waals surface area contributed by atoms with Gasteiger partial charge >= 0.3 is 11.5 Å². The van der Waals surface area contributed by atoms with Crippen molar-refractivity contribution in [1.82, 2.24) is 10.2 Å². The number of nitrogens with one attached hydrogen (secondary N) is 2. The summed E-state index contributed by atoms with van der Waals surface area (Å²) < 4.78 is 83.7. The number of alkyl halides is 3. The lowest BCUT2D eigenvalue weighted by atomic mass is 9.87. The molecule has 0 unspecified atom stereocenters. The minimum atomic E-state index is -5.65. The van der Waals surface area contributed by atoms with E-state index in [2.05, 4.69) is 10.6 Å². The van der Waals surface area contributed by atoms with Crippen molar-refractivity contribution in [3.8, 4) is 16.9 Å². The molecule has 0 radical (unpaired) electrons. The topological polar surface area (TPSA) is 142 Å². The summed E-state index contributed by atoms with van der Waals surface area (Å²) in [6, 6.07) is 11.3. The first-order chi connectivity index (χ1) is 23.0. The Labute approximate surface area is 279 Å². The van der Waals surface area contributed by atoms with Gasteiger partial charge in [-0.1, -0.05) is 42.5 Å². The van der Waals surface area contributed by atoms with Crippen molar-refractivity contribution in [1.29, 1.82) is 0 Å². The predicted octanol–water partition coefficient (Wildman–Crippen LogP) is 4.91. The van der Waals surface area contributed by atoms with Gasteiger partial charge in [0.1, 0.15) is 17.6 Å². The number of carbonyl (C=O) groups excluding carboxylic acids is 2. The molecule has 3 N–H and O–H groups in total. The van der Waals surface area contributed by atoms with E-state index in [1.807, 2.05) is 12.2 Å². The normalized spacial score (nSPS) is 20.7. The van der Waals surface area contributed by atoms with Gasteiger partial charge in [0.15, 0.2) is 0 Å². The molecule has 0 aromatic heterocycles. The van der Waals surface area contributed by atoms with Crippen molar-refractivity contribution in [3.63, 3.8) is 0 Å². The Morgan fingerprint density at radius 3 is 2.31 bits per heavy atom. The molecule has 49 heavy (non-hydrogen) atoms. The number of carboxylic acid groups (broad SMARTS) is 1. The summed E-state index contributed by atoms with van der Waals surface area (Å²) in [5.41, 5.74) is -4.50. The van der Waals surface area contributed by atoms with Gasteiger partial charge in [-0.15, -0.1) is 0 Å². The highest BCUT2D eigenvalue weighted by Crippen LogP contribution is 2.45. The number of hydrogen-bond donors (Lipinski definition) is 3. The SMILES string of the molecule is COc1cc(F)c(-c2ccc(C[C@@H](C(=O)O)N(C)C)cc2)cc1C(=O)N[C@H]1[C@@H](C(=O)Nc2cccc(S(=O)(=O)C(F)(F)F)c2)[C@@H]2C=C[C@H]1C2. The van der Waals surface area contributed by atoms with Gasteiger partial charge in [-0.25, -0.2) is 12.8 Å². The lowest BCUT2D eigenvalue weighted by molar-refractivity contribution is -0.142. The van der Waals surface area contributed by atoms with E-state index in [1.54, 1.807) is 43.3 Å². The lowest BCUT2D eigenvalue weighted by Crippen LogP contribution is -2.47. The van der Waals surface area contributed by atoms with E-state index in [4.69, 9.17) is 4.74 Å². The molecule has 0 spiro atoms. The van der Waals surface area contributed by atoms with Gasteiger partial charge in [-0.3, -0.25) is 19.3 Å². The number of rotatable bonds is 11. The second-order valence-electron chi connectivity index (χ2n) is 12.2. The number of carbonyl (C=O) groups is 3. The number of aliphatic carboxylic acids is 1. The number of allylic oxidation sites excluding steroid dienone is 1. The summed E-state index contributed by atoms with van der Waals surface area (Å²) in [6.45, 7) is 0. The van der Waals surface area contributed by atoms with Crippen LogP contribution < -0.4 is 15.4 Å². The third kappa shape index (κ3) is 7.17. The van der Waals surface area contributed by atoms with Crippen LogP contribution >= 0.6 is 0 Å². The zero-order valence-corrected chi connectivity index (χ0v) is 27.3. The molecule has 0 saturated heterocycles. The molecule has 5 rings (SSSR count). The Morgan fingerprint density at radius 2 is 1.69 bits per heavy atom. The maximum absolute atomic E-state index is 15.3. The Balaban J connectivity index is 1.37. The minimum Gasteiger partial charge on any atom is -0.496 e. The minimum absolute atomic E-state index is 0.0162. The third-order valence-corrected chi connectivity index (χ3v) is 10.4. The molecule has 1 fully saturated rings. The van der Waals surface area contributed by atoms with Crippen molar-refractivity contribution >= 4 is 33.3 Å². The molecule has 5 atom stereocenters. The van der Waals surface area contributed by atoms with Crippen LogP contribution in [0.15, 0.2) is 77.7 Å². The number of methoxy groups -OCH3 is 1. The van der Waals surface area contributed by atoms with Crippen LogP contribution in [0, 0.1) is 23.6 Å². The van der Waals surface area contributed by atoms with Crippen LogP contribution in [-0.2, 0) is 25.8 Å². The summed E-state index contributed by atoms with van der Waals surface area (Å²) in [5, 5.41) is 14.9. The van der Waals surface area contributed by atoms with Crippen molar-refractivity contribution in [2.75, 3.05) is 26.5 Å². The van der Waals surface area contributed by atoms with Gasteiger partial charge < -0.3 is 20.5 Å². The molecule has 0 aliphatic heterocycles. The Kier molecular flexibility index (Phi) is 9.89. The Hall–Kier alpha value is -4.76. The van der Waals surface area contributed by atoms with E-state index in [0.717, 1.165) is 24.3 Å². The lowest BCUT2D eigenvalue weighted by Gasteiger charge is -2.28.